The Balaban J connectivity index is 2.69. The fourth-order valence-electron chi connectivity index (χ4n) is 2.28. The van der Waals surface area contributed by atoms with E-state index in [0.29, 0.717) is 11.4 Å². The van der Waals surface area contributed by atoms with Gasteiger partial charge < -0.3 is 11.5 Å². The van der Waals surface area contributed by atoms with E-state index in [0.717, 1.165) is 0 Å². The van der Waals surface area contributed by atoms with E-state index in [1.165, 1.54) is 48.5 Å². The SMILES string of the molecule is Nc1ccc(C(c2ccc(N)cc2)(C(F)F)C(F)F)cc1. The van der Waals surface area contributed by atoms with Crippen LogP contribution in [-0.4, -0.2) is 12.9 Å². The van der Waals surface area contributed by atoms with Gasteiger partial charge in [-0.05, 0) is 35.4 Å². The third kappa shape index (κ3) is 2.53. The molecular weight excluding hydrogens is 284 g/mol. The molecule has 2 aromatic carbocycles. The van der Waals surface area contributed by atoms with Crippen LogP contribution >= 0.6 is 0 Å². The van der Waals surface area contributed by atoms with Gasteiger partial charge in [0.25, 0.3) is 12.9 Å². The van der Waals surface area contributed by atoms with Crippen molar-refractivity contribution in [3.63, 3.8) is 0 Å². The molecule has 0 aromatic heterocycles. The maximum atomic E-state index is 13.6. The summed E-state index contributed by atoms with van der Waals surface area (Å²) in [7, 11) is 0. The average molecular weight is 298 g/mol. The fraction of sp³-hybridized carbons (Fsp3) is 0.200. The van der Waals surface area contributed by atoms with Crippen molar-refractivity contribution in [3.05, 3.63) is 59.7 Å². The van der Waals surface area contributed by atoms with E-state index in [1.807, 2.05) is 0 Å². The van der Waals surface area contributed by atoms with Crippen molar-refractivity contribution in [1.29, 1.82) is 0 Å². The number of benzene rings is 2. The van der Waals surface area contributed by atoms with Crippen molar-refractivity contribution in [2.45, 2.75) is 18.3 Å². The highest BCUT2D eigenvalue weighted by Gasteiger charge is 2.51. The zero-order valence-electron chi connectivity index (χ0n) is 10.9. The Labute approximate surface area is 119 Å². The van der Waals surface area contributed by atoms with Crippen molar-refractivity contribution in [3.8, 4) is 0 Å². The highest BCUT2D eigenvalue weighted by atomic mass is 19.3. The first-order chi connectivity index (χ1) is 9.88. The summed E-state index contributed by atoms with van der Waals surface area (Å²) in [6.07, 6.45) is -6.57. The summed E-state index contributed by atoms with van der Waals surface area (Å²) >= 11 is 0. The maximum Gasteiger partial charge on any atom is 0.257 e. The predicted molar refractivity (Wildman–Crippen MR) is 74.5 cm³/mol. The molecule has 2 rings (SSSR count). The molecule has 0 bridgehead atoms. The molecule has 0 aliphatic heterocycles. The number of hydrogen-bond donors (Lipinski definition) is 2. The molecule has 0 radical (unpaired) electrons. The summed E-state index contributed by atoms with van der Waals surface area (Å²) in [6, 6.07) is 10.1. The lowest BCUT2D eigenvalue weighted by Gasteiger charge is -2.33. The summed E-state index contributed by atoms with van der Waals surface area (Å²) in [6.45, 7) is 0. The average Bonchev–Trinajstić information content (AvgIpc) is 2.43. The maximum absolute atomic E-state index is 13.6. The van der Waals surface area contributed by atoms with Gasteiger partial charge in [0.1, 0.15) is 5.41 Å². The van der Waals surface area contributed by atoms with E-state index in [2.05, 4.69) is 0 Å². The molecule has 4 N–H and O–H groups in total. The largest absolute Gasteiger partial charge is 0.399 e. The Morgan fingerprint density at radius 2 is 0.905 bits per heavy atom. The molecule has 0 spiro atoms. The Hall–Kier alpha value is -2.24. The van der Waals surface area contributed by atoms with Gasteiger partial charge in [-0.1, -0.05) is 24.3 Å². The van der Waals surface area contributed by atoms with Gasteiger partial charge in [0.15, 0.2) is 0 Å². The van der Waals surface area contributed by atoms with Gasteiger partial charge >= 0.3 is 0 Å². The van der Waals surface area contributed by atoms with E-state index in [-0.39, 0.29) is 11.1 Å². The van der Waals surface area contributed by atoms with Crippen molar-refractivity contribution >= 4 is 11.4 Å². The molecule has 0 aliphatic rings. The highest BCUT2D eigenvalue weighted by Crippen LogP contribution is 2.43. The third-order valence-corrected chi connectivity index (χ3v) is 3.47. The van der Waals surface area contributed by atoms with E-state index in [4.69, 9.17) is 11.5 Å². The number of alkyl halides is 4. The van der Waals surface area contributed by atoms with Crippen LogP contribution in [0.25, 0.3) is 0 Å². The molecule has 112 valence electrons. The van der Waals surface area contributed by atoms with Gasteiger partial charge in [0, 0.05) is 11.4 Å². The van der Waals surface area contributed by atoms with Crippen LogP contribution in [0, 0.1) is 0 Å². The monoisotopic (exact) mass is 298 g/mol. The van der Waals surface area contributed by atoms with Gasteiger partial charge in [0.05, 0.1) is 0 Å². The van der Waals surface area contributed by atoms with Crippen LogP contribution in [0.5, 0.6) is 0 Å². The second-order valence-electron chi connectivity index (χ2n) is 4.71. The number of anilines is 2. The molecule has 0 aliphatic carbocycles. The molecule has 0 saturated carbocycles. The van der Waals surface area contributed by atoms with Gasteiger partial charge in [-0.3, -0.25) is 0 Å². The van der Waals surface area contributed by atoms with Crippen LogP contribution in [0.15, 0.2) is 48.5 Å². The first-order valence-electron chi connectivity index (χ1n) is 6.17. The van der Waals surface area contributed by atoms with Crippen LogP contribution in [0.2, 0.25) is 0 Å². The van der Waals surface area contributed by atoms with E-state index in [9.17, 15) is 17.6 Å². The Morgan fingerprint density at radius 3 is 1.14 bits per heavy atom. The van der Waals surface area contributed by atoms with Crippen LogP contribution in [-0.2, 0) is 5.41 Å². The van der Waals surface area contributed by atoms with E-state index < -0.39 is 18.3 Å². The fourth-order valence-corrected chi connectivity index (χ4v) is 2.28. The Kier molecular flexibility index (Phi) is 4.06. The molecule has 0 atom stereocenters. The minimum absolute atomic E-state index is 0.188. The van der Waals surface area contributed by atoms with Crippen LogP contribution in [0.4, 0.5) is 28.9 Å². The summed E-state index contributed by atoms with van der Waals surface area (Å²) in [5.41, 5.74) is 8.52. The molecule has 0 unspecified atom stereocenters. The quantitative estimate of drug-likeness (QED) is 0.668. The minimum Gasteiger partial charge on any atom is -0.399 e. The molecule has 0 fully saturated rings. The number of nitrogens with two attached hydrogens (primary N) is 2. The first-order valence-corrected chi connectivity index (χ1v) is 6.17. The van der Waals surface area contributed by atoms with Crippen molar-refractivity contribution in [2.75, 3.05) is 11.5 Å². The summed E-state index contributed by atoms with van der Waals surface area (Å²) < 4.78 is 54.5. The number of halogens is 4. The number of hydrogen-bond acceptors (Lipinski definition) is 2. The van der Waals surface area contributed by atoms with E-state index >= 15 is 0 Å². The zero-order valence-corrected chi connectivity index (χ0v) is 10.9. The second-order valence-corrected chi connectivity index (χ2v) is 4.71. The molecule has 2 aromatic rings. The molecule has 2 nitrogen and oxygen atoms in total. The predicted octanol–water partition coefficient (Wildman–Crippen LogP) is 3.67. The van der Waals surface area contributed by atoms with Gasteiger partial charge in [-0.15, -0.1) is 0 Å². The van der Waals surface area contributed by atoms with Crippen LogP contribution in [0.1, 0.15) is 11.1 Å². The van der Waals surface area contributed by atoms with Crippen LogP contribution < -0.4 is 11.5 Å². The van der Waals surface area contributed by atoms with Crippen LogP contribution in [0.3, 0.4) is 0 Å². The van der Waals surface area contributed by atoms with Gasteiger partial charge in [-0.2, -0.15) is 0 Å². The molecule has 0 heterocycles. The standard InChI is InChI=1S/C15H14F4N2/c16-13(17)15(14(18)19,9-1-5-11(20)6-2-9)10-3-7-12(21)8-4-10/h1-8,13-14H,20-21H2. The lowest BCUT2D eigenvalue weighted by atomic mass is 9.75. The number of nitrogen functional groups attached to an aromatic ring is 2. The molecule has 21 heavy (non-hydrogen) atoms. The zero-order chi connectivity index (χ0) is 15.6. The summed E-state index contributed by atoms with van der Waals surface area (Å²) in [5.74, 6) is 0. The number of rotatable bonds is 4. The summed E-state index contributed by atoms with van der Waals surface area (Å²) in [5, 5.41) is 0. The van der Waals surface area contributed by atoms with Crippen molar-refractivity contribution < 1.29 is 17.6 Å². The van der Waals surface area contributed by atoms with E-state index in [1.54, 1.807) is 0 Å². The third-order valence-electron chi connectivity index (χ3n) is 3.47. The normalized spacial score (nSPS) is 12.1. The van der Waals surface area contributed by atoms with Crippen molar-refractivity contribution in [1.82, 2.24) is 0 Å². The first kappa shape index (κ1) is 15.2. The lowest BCUT2D eigenvalue weighted by Crippen LogP contribution is -2.43. The lowest BCUT2D eigenvalue weighted by molar-refractivity contribution is -0.0329. The summed E-state index contributed by atoms with van der Waals surface area (Å²) in [4.78, 5) is 0. The van der Waals surface area contributed by atoms with Gasteiger partial charge in [-0.25, -0.2) is 17.6 Å². The molecule has 0 saturated heterocycles. The van der Waals surface area contributed by atoms with Crippen molar-refractivity contribution in [2.24, 2.45) is 0 Å². The molecule has 0 amide bonds. The topological polar surface area (TPSA) is 52.0 Å². The molecule has 6 heteroatoms. The second kappa shape index (κ2) is 5.63. The van der Waals surface area contributed by atoms with Gasteiger partial charge in [0.2, 0.25) is 0 Å². The molecular formula is C15H14F4N2. The Morgan fingerprint density at radius 1 is 0.619 bits per heavy atom. The Bertz CT molecular complexity index is 539. The smallest absolute Gasteiger partial charge is 0.257 e. The highest BCUT2D eigenvalue weighted by molar-refractivity contribution is 5.50. The minimum atomic E-state index is -3.29.